The van der Waals surface area contributed by atoms with Crippen LogP contribution in [0.25, 0.3) is 0 Å². The van der Waals surface area contributed by atoms with Gasteiger partial charge in [-0.1, -0.05) is 81.5 Å². The number of alkyl carbamates (subject to hydrolysis) is 1. The summed E-state index contributed by atoms with van der Waals surface area (Å²) in [4.78, 5) is 54.0. The lowest BCUT2D eigenvalue weighted by Gasteiger charge is -2.34. The van der Waals surface area contributed by atoms with Crippen LogP contribution < -0.4 is 16.4 Å². The number of nitrogens with one attached hydrogen (secondary N) is 2. The minimum Gasteiger partial charge on any atom is -0.508 e. The van der Waals surface area contributed by atoms with Crippen molar-refractivity contribution in [3.63, 3.8) is 0 Å². The van der Waals surface area contributed by atoms with Gasteiger partial charge >= 0.3 is 6.09 Å². The molecule has 2 aromatic rings. The molecule has 2 aromatic carbocycles. The van der Waals surface area contributed by atoms with E-state index in [9.17, 15) is 24.3 Å². The molecule has 2 atom stereocenters. The second-order valence-corrected chi connectivity index (χ2v) is 11.7. The molecule has 0 radical (unpaired) electrons. The van der Waals surface area contributed by atoms with E-state index in [2.05, 4.69) is 17.6 Å². The Labute approximate surface area is 255 Å². The molecule has 0 aromatic heterocycles. The first-order valence-corrected chi connectivity index (χ1v) is 15.1. The number of phenols is 1. The molecule has 0 aliphatic heterocycles. The molecule has 236 valence electrons. The molecule has 10 nitrogen and oxygen atoms in total. The quantitative estimate of drug-likeness (QED) is 0.187. The van der Waals surface area contributed by atoms with Crippen LogP contribution in [0.4, 0.5) is 4.79 Å². The number of aromatic hydroxyl groups is 1. The third-order valence-electron chi connectivity index (χ3n) is 6.76. The van der Waals surface area contributed by atoms with Gasteiger partial charge in [0.15, 0.2) is 0 Å². The highest BCUT2D eigenvalue weighted by Crippen LogP contribution is 2.27. The van der Waals surface area contributed by atoms with Gasteiger partial charge in [0.25, 0.3) is 0 Å². The number of phenolic OH excluding ortho intramolecular Hbond substituents is 1. The zero-order chi connectivity index (χ0) is 31.8. The number of carbonyl (C=O) groups is 4. The normalized spacial score (nSPS) is 12.6. The van der Waals surface area contributed by atoms with E-state index in [1.165, 1.54) is 17.0 Å². The average molecular weight is 597 g/mol. The summed E-state index contributed by atoms with van der Waals surface area (Å²) in [5, 5.41) is 15.8. The van der Waals surface area contributed by atoms with Gasteiger partial charge < -0.3 is 31.1 Å². The first-order valence-electron chi connectivity index (χ1n) is 15.1. The number of rotatable bonds is 17. The molecule has 43 heavy (non-hydrogen) atoms. The molecule has 2 unspecified atom stereocenters. The second kappa shape index (κ2) is 17.8. The molecule has 10 heteroatoms. The number of ether oxygens (including phenoxy) is 1. The molecule has 0 aliphatic rings. The maximum absolute atomic E-state index is 14.3. The molecule has 0 heterocycles. The number of amides is 4. The number of primary amides is 1. The molecule has 0 spiro atoms. The van der Waals surface area contributed by atoms with Gasteiger partial charge in [0.2, 0.25) is 17.7 Å². The number of benzene rings is 2. The van der Waals surface area contributed by atoms with Crippen molar-refractivity contribution in [2.75, 3.05) is 6.54 Å². The second-order valence-electron chi connectivity index (χ2n) is 11.7. The van der Waals surface area contributed by atoms with Gasteiger partial charge in [-0.2, -0.15) is 0 Å². The summed E-state index contributed by atoms with van der Waals surface area (Å²) in [6, 6.07) is 13.3. The summed E-state index contributed by atoms with van der Waals surface area (Å²) in [7, 11) is 0. The van der Waals surface area contributed by atoms with Gasteiger partial charge in [0.05, 0.1) is 0 Å². The predicted octanol–water partition coefficient (Wildman–Crippen LogP) is 5.10. The Morgan fingerprint density at radius 2 is 1.63 bits per heavy atom. The van der Waals surface area contributed by atoms with Gasteiger partial charge in [0.1, 0.15) is 23.4 Å². The Kier molecular flexibility index (Phi) is 14.5. The van der Waals surface area contributed by atoms with Crippen molar-refractivity contribution in [3.05, 3.63) is 65.7 Å². The van der Waals surface area contributed by atoms with E-state index in [0.29, 0.717) is 12.0 Å². The predicted molar refractivity (Wildman–Crippen MR) is 166 cm³/mol. The highest BCUT2D eigenvalue weighted by Gasteiger charge is 2.36. The van der Waals surface area contributed by atoms with E-state index in [1.54, 1.807) is 32.9 Å². The van der Waals surface area contributed by atoms with Gasteiger partial charge in [-0.25, -0.2) is 4.79 Å². The number of nitrogens with zero attached hydrogens (tertiary/aromatic N) is 1. The average Bonchev–Trinajstić information content (AvgIpc) is 2.94. The Hall–Kier alpha value is -4.08. The van der Waals surface area contributed by atoms with Crippen LogP contribution in [-0.4, -0.2) is 52.0 Å². The van der Waals surface area contributed by atoms with Crippen molar-refractivity contribution >= 4 is 23.8 Å². The third-order valence-corrected chi connectivity index (χ3v) is 6.76. The lowest BCUT2D eigenvalue weighted by atomic mass is 10.00. The zero-order valence-corrected chi connectivity index (χ0v) is 25.9. The van der Waals surface area contributed by atoms with E-state index in [1.807, 2.05) is 30.3 Å². The molecule has 0 aliphatic carbocycles. The van der Waals surface area contributed by atoms with Crippen LogP contribution in [0.1, 0.15) is 96.2 Å². The largest absolute Gasteiger partial charge is 0.508 e. The zero-order valence-electron chi connectivity index (χ0n) is 25.9. The lowest BCUT2D eigenvalue weighted by Crippen LogP contribution is -2.53. The van der Waals surface area contributed by atoms with Gasteiger partial charge in [-0.15, -0.1) is 0 Å². The molecular weight excluding hydrogens is 548 g/mol. The minimum atomic E-state index is -1.18. The summed E-state index contributed by atoms with van der Waals surface area (Å²) < 4.78 is 5.39. The van der Waals surface area contributed by atoms with Crippen molar-refractivity contribution in [1.29, 1.82) is 0 Å². The molecule has 0 fully saturated rings. The van der Waals surface area contributed by atoms with Crippen LogP contribution in [0.5, 0.6) is 5.75 Å². The molecule has 0 bridgehead atoms. The molecule has 4 amide bonds. The van der Waals surface area contributed by atoms with Crippen molar-refractivity contribution < 1.29 is 29.0 Å². The summed E-state index contributed by atoms with van der Waals surface area (Å²) in [5.41, 5.74) is 5.87. The number of carbonyl (C=O) groups excluding carboxylic acids is 4. The Morgan fingerprint density at radius 1 is 0.953 bits per heavy atom. The van der Waals surface area contributed by atoms with E-state index >= 15 is 0 Å². The highest BCUT2D eigenvalue weighted by molar-refractivity contribution is 5.92. The highest BCUT2D eigenvalue weighted by atomic mass is 16.6. The van der Waals surface area contributed by atoms with E-state index in [0.717, 1.165) is 37.7 Å². The molecule has 2 rings (SSSR count). The minimum absolute atomic E-state index is 0.0533. The Bertz CT molecular complexity index is 1180. The summed E-state index contributed by atoms with van der Waals surface area (Å²) >= 11 is 0. The maximum Gasteiger partial charge on any atom is 0.408 e. The topological polar surface area (TPSA) is 151 Å². The van der Waals surface area contributed by atoms with Crippen molar-refractivity contribution in [3.8, 4) is 5.75 Å². The van der Waals surface area contributed by atoms with E-state index < -0.39 is 41.5 Å². The van der Waals surface area contributed by atoms with Gasteiger partial charge in [-0.05, 0) is 56.9 Å². The first kappa shape index (κ1) is 35.1. The van der Waals surface area contributed by atoms with Crippen LogP contribution >= 0.6 is 0 Å². The number of hydrogen-bond donors (Lipinski definition) is 4. The van der Waals surface area contributed by atoms with Crippen molar-refractivity contribution in [2.24, 2.45) is 5.73 Å². The number of unbranched alkanes of at least 4 members (excludes halogenated alkanes) is 5. The van der Waals surface area contributed by atoms with E-state index in [4.69, 9.17) is 10.5 Å². The van der Waals surface area contributed by atoms with Gasteiger partial charge in [-0.3, -0.25) is 14.4 Å². The number of hydrogen-bond acceptors (Lipinski definition) is 6. The van der Waals surface area contributed by atoms with Crippen LogP contribution in [0.3, 0.4) is 0 Å². The number of nitrogens with two attached hydrogens (primary N) is 1. The summed E-state index contributed by atoms with van der Waals surface area (Å²) in [6.45, 7) is 7.69. The van der Waals surface area contributed by atoms with Crippen LogP contribution in [0, 0.1) is 0 Å². The maximum atomic E-state index is 14.3. The standard InChI is InChI=1S/C33H48N4O6/c1-5-6-7-8-9-13-21-37(31(41)27(19-20-28(34)39)36-32(42)43-33(2,3)4)29(25-17-14-18-26(38)22-25)30(40)35-23-24-15-11-10-12-16-24/h10-12,14-18,22,27,29,38H,5-9,13,19-21,23H2,1-4H3,(H2,34,39)(H,35,40)(H,36,42). The van der Waals surface area contributed by atoms with Crippen LogP contribution in [0.2, 0.25) is 0 Å². The van der Waals surface area contributed by atoms with Crippen molar-refractivity contribution in [1.82, 2.24) is 15.5 Å². The SMILES string of the molecule is CCCCCCCCN(C(=O)C(CCC(N)=O)NC(=O)OC(C)(C)C)C(C(=O)NCc1ccccc1)c1cccc(O)c1. The molecular formula is C33H48N4O6. The Balaban J connectivity index is 2.46. The van der Waals surface area contributed by atoms with E-state index in [-0.39, 0.29) is 31.7 Å². The smallest absolute Gasteiger partial charge is 0.408 e. The lowest BCUT2D eigenvalue weighted by molar-refractivity contribution is -0.143. The fraction of sp³-hybridized carbons (Fsp3) is 0.515. The molecule has 0 saturated heterocycles. The first-order chi connectivity index (χ1) is 20.4. The Morgan fingerprint density at radius 3 is 2.26 bits per heavy atom. The monoisotopic (exact) mass is 596 g/mol. The van der Waals surface area contributed by atoms with Crippen LogP contribution in [0.15, 0.2) is 54.6 Å². The van der Waals surface area contributed by atoms with Gasteiger partial charge in [0, 0.05) is 19.5 Å². The van der Waals surface area contributed by atoms with Crippen LogP contribution in [-0.2, 0) is 25.7 Å². The molecule has 5 N–H and O–H groups in total. The molecule has 0 saturated carbocycles. The summed E-state index contributed by atoms with van der Waals surface area (Å²) in [5.74, 6) is -1.68. The van der Waals surface area contributed by atoms with Crippen molar-refractivity contribution in [2.45, 2.75) is 103 Å². The third kappa shape index (κ3) is 13.2. The fourth-order valence-electron chi connectivity index (χ4n) is 4.67. The summed E-state index contributed by atoms with van der Waals surface area (Å²) in [6.07, 6.45) is 4.67. The fourth-order valence-corrected chi connectivity index (χ4v) is 4.67.